The largest absolute Gasteiger partial charge is 0.380 e. The molecule has 0 aromatic heterocycles. The summed E-state index contributed by atoms with van der Waals surface area (Å²) in [6, 6.07) is 0. The molecule has 116 valence electrons. The second kappa shape index (κ2) is 11.6. The molecule has 0 aliphatic rings. The predicted molar refractivity (Wildman–Crippen MR) is 81.8 cm³/mol. The van der Waals surface area contributed by atoms with Crippen LogP contribution in [0.15, 0.2) is 0 Å². The lowest BCUT2D eigenvalue weighted by Gasteiger charge is -2.28. The maximum absolute atomic E-state index is 5.44. The fourth-order valence-corrected chi connectivity index (χ4v) is 1.69. The van der Waals surface area contributed by atoms with E-state index in [0.29, 0.717) is 0 Å². The van der Waals surface area contributed by atoms with Crippen LogP contribution in [0, 0.1) is 0 Å². The zero-order valence-corrected chi connectivity index (χ0v) is 13.6. The summed E-state index contributed by atoms with van der Waals surface area (Å²) in [6.45, 7) is 18.0. The van der Waals surface area contributed by atoms with Gasteiger partial charge in [0.05, 0.1) is 13.2 Å². The van der Waals surface area contributed by atoms with Crippen LogP contribution in [0.3, 0.4) is 0 Å². The lowest BCUT2D eigenvalue weighted by atomic mass is 10.0. The highest BCUT2D eigenvalue weighted by atomic mass is 16.5. The zero-order valence-electron chi connectivity index (χ0n) is 13.6. The molecule has 0 aromatic carbocycles. The monoisotopic (exact) mass is 274 g/mol. The molecule has 4 heteroatoms. The Balaban J connectivity index is 3.88. The van der Waals surface area contributed by atoms with Crippen molar-refractivity contribution in [3.8, 4) is 0 Å². The number of hydrogen-bond donors (Lipinski definition) is 1. The molecule has 0 spiro atoms. The standard InChI is InChI=1S/C15H34N2O2/c1-6-15(4,5)16-9-10-17(11-13-18-7-2)12-14-19-8-3/h16H,6-14H2,1-5H3. The van der Waals surface area contributed by atoms with E-state index in [0.717, 1.165) is 59.0 Å². The van der Waals surface area contributed by atoms with Crippen LogP contribution in [-0.4, -0.2) is 63.0 Å². The van der Waals surface area contributed by atoms with Crippen LogP contribution < -0.4 is 5.32 Å². The van der Waals surface area contributed by atoms with E-state index in [9.17, 15) is 0 Å². The molecular formula is C15H34N2O2. The van der Waals surface area contributed by atoms with Gasteiger partial charge in [-0.15, -0.1) is 0 Å². The summed E-state index contributed by atoms with van der Waals surface area (Å²) in [7, 11) is 0. The molecule has 0 unspecified atom stereocenters. The van der Waals surface area contributed by atoms with Gasteiger partial charge >= 0.3 is 0 Å². The van der Waals surface area contributed by atoms with Crippen LogP contribution in [0.5, 0.6) is 0 Å². The summed E-state index contributed by atoms with van der Waals surface area (Å²) in [5, 5.41) is 3.60. The van der Waals surface area contributed by atoms with Gasteiger partial charge in [0.15, 0.2) is 0 Å². The highest BCUT2D eigenvalue weighted by Gasteiger charge is 2.14. The van der Waals surface area contributed by atoms with E-state index >= 15 is 0 Å². The molecular weight excluding hydrogens is 240 g/mol. The van der Waals surface area contributed by atoms with Crippen LogP contribution in [-0.2, 0) is 9.47 Å². The fourth-order valence-electron chi connectivity index (χ4n) is 1.69. The van der Waals surface area contributed by atoms with Crippen molar-refractivity contribution in [2.45, 2.75) is 46.6 Å². The van der Waals surface area contributed by atoms with Gasteiger partial charge < -0.3 is 14.8 Å². The molecule has 0 bridgehead atoms. The van der Waals surface area contributed by atoms with Gasteiger partial charge in [-0.3, -0.25) is 4.90 Å². The fraction of sp³-hybridized carbons (Fsp3) is 1.00. The van der Waals surface area contributed by atoms with Gasteiger partial charge in [0, 0.05) is 44.9 Å². The van der Waals surface area contributed by atoms with Crippen LogP contribution in [0.2, 0.25) is 0 Å². The van der Waals surface area contributed by atoms with Crippen molar-refractivity contribution >= 4 is 0 Å². The zero-order chi connectivity index (χ0) is 14.6. The molecule has 1 N–H and O–H groups in total. The van der Waals surface area contributed by atoms with Gasteiger partial charge in [-0.2, -0.15) is 0 Å². The Hall–Kier alpha value is -0.160. The van der Waals surface area contributed by atoms with Gasteiger partial charge in [0.1, 0.15) is 0 Å². The van der Waals surface area contributed by atoms with Crippen molar-refractivity contribution in [2.24, 2.45) is 0 Å². The third-order valence-electron chi connectivity index (χ3n) is 3.43. The Morgan fingerprint density at radius 3 is 1.84 bits per heavy atom. The summed E-state index contributed by atoms with van der Waals surface area (Å²) in [5.74, 6) is 0. The highest BCUT2D eigenvalue weighted by Crippen LogP contribution is 2.05. The molecule has 0 atom stereocenters. The molecule has 0 aliphatic carbocycles. The molecule has 0 saturated heterocycles. The van der Waals surface area contributed by atoms with Crippen molar-refractivity contribution in [3.63, 3.8) is 0 Å². The first-order chi connectivity index (χ1) is 9.05. The van der Waals surface area contributed by atoms with E-state index in [-0.39, 0.29) is 5.54 Å². The van der Waals surface area contributed by atoms with E-state index in [2.05, 4.69) is 31.0 Å². The Kier molecular flexibility index (Phi) is 11.6. The predicted octanol–water partition coefficient (Wildman–Crippen LogP) is 2.14. The minimum atomic E-state index is 0.228. The Labute approximate surface area is 119 Å². The Morgan fingerprint density at radius 1 is 0.895 bits per heavy atom. The molecule has 4 nitrogen and oxygen atoms in total. The van der Waals surface area contributed by atoms with Crippen LogP contribution >= 0.6 is 0 Å². The van der Waals surface area contributed by atoms with E-state index in [1.54, 1.807) is 0 Å². The lowest BCUT2D eigenvalue weighted by Crippen LogP contribution is -2.44. The first-order valence-electron chi connectivity index (χ1n) is 7.68. The van der Waals surface area contributed by atoms with E-state index in [4.69, 9.17) is 9.47 Å². The first kappa shape index (κ1) is 18.8. The van der Waals surface area contributed by atoms with Crippen molar-refractivity contribution in [2.75, 3.05) is 52.6 Å². The second-order valence-corrected chi connectivity index (χ2v) is 5.40. The Bertz CT molecular complexity index is 189. The SMILES string of the molecule is CCOCCN(CCNC(C)(C)CC)CCOCC. The molecule has 0 aliphatic heterocycles. The third kappa shape index (κ3) is 11.4. The van der Waals surface area contributed by atoms with Crippen LogP contribution in [0.25, 0.3) is 0 Å². The summed E-state index contributed by atoms with van der Waals surface area (Å²) < 4.78 is 10.9. The third-order valence-corrected chi connectivity index (χ3v) is 3.43. The Morgan fingerprint density at radius 2 is 1.42 bits per heavy atom. The number of nitrogens with zero attached hydrogens (tertiary/aromatic N) is 1. The second-order valence-electron chi connectivity index (χ2n) is 5.40. The lowest BCUT2D eigenvalue weighted by molar-refractivity contribution is 0.0823. The number of rotatable bonds is 13. The maximum Gasteiger partial charge on any atom is 0.0593 e. The van der Waals surface area contributed by atoms with Crippen molar-refractivity contribution < 1.29 is 9.47 Å². The topological polar surface area (TPSA) is 33.7 Å². The summed E-state index contributed by atoms with van der Waals surface area (Å²) in [6.07, 6.45) is 1.14. The molecule has 0 fully saturated rings. The van der Waals surface area contributed by atoms with Crippen molar-refractivity contribution in [1.29, 1.82) is 0 Å². The molecule has 0 aromatic rings. The van der Waals surface area contributed by atoms with Gasteiger partial charge in [0.25, 0.3) is 0 Å². The van der Waals surface area contributed by atoms with Crippen LogP contribution in [0.1, 0.15) is 41.0 Å². The van der Waals surface area contributed by atoms with Crippen molar-refractivity contribution in [3.05, 3.63) is 0 Å². The van der Waals surface area contributed by atoms with Gasteiger partial charge in [-0.1, -0.05) is 6.92 Å². The summed E-state index contributed by atoms with van der Waals surface area (Å²) in [4.78, 5) is 2.41. The highest BCUT2D eigenvalue weighted by molar-refractivity contribution is 4.75. The first-order valence-corrected chi connectivity index (χ1v) is 7.68. The number of hydrogen-bond acceptors (Lipinski definition) is 4. The molecule has 19 heavy (non-hydrogen) atoms. The van der Waals surface area contributed by atoms with Gasteiger partial charge in [-0.25, -0.2) is 0 Å². The smallest absolute Gasteiger partial charge is 0.0593 e. The molecule has 0 radical (unpaired) electrons. The molecule has 0 rings (SSSR count). The van der Waals surface area contributed by atoms with E-state index in [1.807, 2.05) is 13.8 Å². The number of nitrogens with one attached hydrogen (secondary N) is 1. The minimum Gasteiger partial charge on any atom is -0.380 e. The minimum absolute atomic E-state index is 0.228. The maximum atomic E-state index is 5.44. The average Bonchev–Trinajstić information content (AvgIpc) is 2.38. The van der Waals surface area contributed by atoms with Gasteiger partial charge in [-0.05, 0) is 34.1 Å². The normalized spacial score (nSPS) is 12.3. The summed E-state index contributed by atoms with van der Waals surface area (Å²) in [5.41, 5.74) is 0.228. The van der Waals surface area contributed by atoms with Crippen LogP contribution in [0.4, 0.5) is 0 Å². The van der Waals surface area contributed by atoms with E-state index in [1.165, 1.54) is 0 Å². The molecule has 0 amide bonds. The molecule has 0 saturated carbocycles. The molecule has 0 heterocycles. The van der Waals surface area contributed by atoms with Gasteiger partial charge in [0.2, 0.25) is 0 Å². The summed E-state index contributed by atoms with van der Waals surface area (Å²) >= 11 is 0. The average molecular weight is 274 g/mol. The number of ether oxygens (including phenoxy) is 2. The quantitative estimate of drug-likeness (QED) is 0.522. The van der Waals surface area contributed by atoms with Crippen molar-refractivity contribution in [1.82, 2.24) is 10.2 Å². The van der Waals surface area contributed by atoms with E-state index < -0.39 is 0 Å².